The van der Waals surface area contributed by atoms with Gasteiger partial charge in [0.05, 0.1) is 16.2 Å². The molecule has 0 atom stereocenters. The summed E-state index contributed by atoms with van der Waals surface area (Å²) >= 11 is 5.77. The van der Waals surface area contributed by atoms with E-state index in [1.165, 1.54) is 18.2 Å². The number of nitrogens with two attached hydrogens (primary N) is 1. The van der Waals surface area contributed by atoms with E-state index < -0.39 is 5.82 Å². The second-order valence-electron chi connectivity index (χ2n) is 5.38. The number of H-pyrrole nitrogens is 1. The van der Waals surface area contributed by atoms with Crippen LogP contribution < -0.4 is 16.5 Å². The molecule has 3 aromatic rings. The first-order valence-electron chi connectivity index (χ1n) is 7.85. The van der Waals surface area contributed by atoms with Crippen LogP contribution in [-0.2, 0) is 0 Å². The zero-order chi connectivity index (χ0) is 18.5. The van der Waals surface area contributed by atoms with Gasteiger partial charge in [0.2, 0.25) is 5.95 Å². The van der Waals surface area contributed by atoms with Crippen molar-refractivity contribution in [2.75, 3.05) is 18.4 Å². The summed E-state index contributed by atoms with van der Waals surface area (Å²) in [5, 5.41) is 12.6. The van der Waals surface area contributed by atoms with Crippen molar-refractivity contribution >= 4 is 40.2 Å². The molecule has 6 N–H and O–H groups in total. The highest BCUT2D eigenvalue weighted by Crippen LogP contribution is 2.23. The molecule has 10 heteroatoms. The lowest BCUT2D eigenvalue weighted by Gasteiger charge is -2.06. The summed E-state index contributed by atoms with van der Waals surface area (Å²) in [6, 6.07) is 5.68. The Balaban J connectivity index is 1.98. The van der Waals surface area contributed by atoms with Gasteiger partial charge in [-0.3, -0.25) is 10.7 Å². The second-order valence-corrected chi connectivity index (χ2v) is 5.79. The fraction of sp³-hybridized carbons (Fsp3) is 0.188. The molecular formula is C16H17ClFN7O. The van der Waals surface area contributed by atoms with Gasteiger partial charge in [0.1, 0.15) is 5.82 Å². The van der Waals surface area contributed by atoms with Crippen molar-refractivity contribution in [2.24, 2.45) is 10.7 Å². The molecule has 0 fully saturated rings. The van der Waals surface area contributed by atoms with Gasteiger partial charge in [0.25, 0.3) is 0 Å². The zero-order valence-corrected chi connectivity index (χ0v) is 14.4. The molecule has 2 heterocycles. The molecule has 0 saturated carbocycles. The topological polar surface area (TPSA) is 124 Å². The van der Waals surface area contributed by atoms with Gasteiger partial charge in [0.15, 0.2) is 11.5 Å². The van der Waals surface area contributed by atoms with Gasteiger partial charge in [-0.05, 0) is 37.2 Å². The quantitative estimate of drug-likeness (QED) is 0.195. The number of nitrogens with zero attached hydrogens (tertiary/aromatic N) is 3. The molecule has 8 nitrogen and oxygen atoms in total. The van der Waals surface area contributed by atoms with Gasteiger partial charge >= 0.3 is 0 Å². The summed E-state index contributed by atoms with van der Waals surface area (Å²) in [5.41, 5.74) is 9.48. The van der Waals surface area contributed by atoms with Gasteiger partial charge in [-0.25, -0.2) is 14.4 Å². The van der Waals surface area contributed by atoms with Crippen molar-refractivity contribution in [3.63, 3.8) is 0 Å². The number of aromatic amines is 1. The van der Waals surface area contributed by atoms with Gasteiger partial charge < -0.3 is 16.0 Å². The molecule has 0 bridgehead atoms. The van der Waals surface area contributed by atoms with E-state index >= 15 is 0 Å². The fourth-order valence-electron chi connectivity index (χ4n) is 2.33. The smallest absolute Gasteiger partial charge is 0.202 e. The lowest BCUT2D eigenvalue weighted by atomic mass is 10.2. The van der Waals surface area contributed by atoms with Crippen LogP contribution in [-0.4, -0.2) is 39.1 Å². The number of hydrogen-bond acceptors (Lipinski definition) is 6. The number of fused-ring (bicyclic) bond motifs is 1. The van der Waals surface area contributed by atoms with Crippen LogP contribution in [0.1, 0.15) is 12.0 Å². The third-order valence-electron chi connectivity index (χ3n) is 3.57. The number of aliphatic imine (C=N–C) groups is 1. The van der Waals surface area contributed by atoms with Crippen LogP contribution in [0, 0.1) is 5.82 Å². The number of pyridine rings is 1. The number of aromatic nitrogens is 3. The van der Waals surface area contributed by atoms with E-state index in [0.29, 0.717) is 41.5 Å². The van der Waals surface area contributed by atoms with Crippen molar-refractivity contribution < 1.29 is 9.60 Å². The standard InChI is InChI=1S/C16H17ClFN7O/c17-11-8-9(2-3-12(11)18)22-14(25-26)10-4-7-20-15-13(10)23-16(24-15)21-6-1-5-19/h2-4,7-8,26H,1,5-6,19H2,(H,22,25)(H2,20,21,23,24). The number of amidine groups is 1. The largest absolute Gasteiger partial charge is 0.356 e. The van der Waals surface area contributed by atoms with Crippen LogP contribution in [0.3, 0.4) is 0 Å². The van der Waals surface area contributed by atoms with Crippen LogP contribution in [0.4, 0.5) is 16.0 Å². The van der Waals surface area contributed by atoms with Gasteiger partial charge in [-0.2, -0.15) is 4.98 Å². The molecule has 2 aromatic heterocycles. The van der Waals surface area contributed by atoms with Crippen molar-refractivity contribution in [1.29, 1.82) is 0 Å². The number of hydroxylamine groups is 1. The average molecular weight is 378 g/mol. The highest BCUT2D eigenvalue weighted by molar-refractivity contribution is 6.31. The summed E-state index contributed by atoms with van der Waals surface area (Å²) in [6.45, 7) is 1.24. The van der Waals surface area contributed by atoms with E-state index in [2.05, 4.69) is 30.7 Å². The Labute approximate surface area is 153 Å². The Morgan fingerprint density at radius 3 is 2.96 bits per heavy atom. The van der Waals surface area contributed by atoms with Crippen LogP contribution in [0.5, 0.6) is 0 Å². The first-order valence-corrected chi connectivity index (χ1v) is 8.23. The SMILES string of the molecule is NCCCNc1nc2nccc(C(=Nc3ccc(F)c(Cl)c3)NO)c2[nH]1. The molecule has 0 amide bonds. The lowest BCUT2D eigenvalue weighted by molar-refractivity contribution is 0.235. The Morgan fingerprint density at radius 1 is 1.38 bits per heavy atom. The maximum absolute atomic E-state index is 13.3. The van der Waals surface area contributed by atoms with E-state index in [9.17, 15) is 9.60 Å². The van der Waals surface area contributed by atoms with Gasteiger partial charge in [0, 0.05) is 18.3 Å². The van der Waals surface area contributed by atoms with E-state index in [1.807, 2.05) is 0 Å². The highest BCUT2D eigenvalue weighted by atomic mass is 35.5. The average Bonchev–Trinajstić information content (AvgIpc) is 3.06. The highest BCUT2D eigenvalue weighted by Gasteiger charge is 2.13. The minimum atomic E-state index is -0.544. The monoisotopic (exact) mass is 377 g/mol. The minimum Gasteiger partial charge on any atom is -0.356 e. The normalized spacial score (nSPS) is 11.8. The van der Waals surface area contributed by atoms with Crippen LogP contribution in [0.2, 0.25) is 5.02 Å². The molecule has 1 aromatic carbocycles. The molecule has 136 valence electrons. The molecule has 0 radical (unpaired) electrons. The van der Waals surface area contributed by atoms with Crippen molar-refractivity contribution in [1.82, 2.24) is 20.4 Å². The fourth-order valence-corrected chi connectivity index (χ4v) is 2.50. The van der Waals surface area contributed by atoms with Gasteiger partial charge in [-0.15, -0.1) is 0 Å². The predicted octanol–water partition coefficient (Wildman–Crippen LogP) is 2.57. The first-order chi connectivity index (χ1) is 12.6. The lowest BCUT2D eigenvalue weighted by Crippen LogP contribution is -2.20. The molecule has 0 unspecified atom stereocenters. The first kappa shape index (κ1) is 18.1. The van der Waals surface area contributed by atoms with E-state index in [4.69, 9.17) is 17.3 Å². The van der Waals surface area contributed by atoms with Crippen molar-refractivity contribution in [3.05, 3.63) is 46.9 Å². The zero-order valence-electron chi connectivity index (χ0n) is 13.6. The molecule has 0 saturated heterocycles. The Morgan fingerprint density at radius 2 is 2.23 bits per heavy atom. The number of rotatable bonds is 6. The summed E-state index contributed by atoms with van der Waals surface area (Å²) < 4.78 is 13.3. The molecule has 26 heavy (non-hydrogen) atoms. The summed E-state index contributed by atoms with van der Waals surface area (Å²) in [5.74, 6) is 0.130. The van der Waals surface area contributed by atoms with E-state index in [1.54, 1.807) is 12.3 Å². The van der Waals surface area contributed by atoms with Crippen LogP contribution >= 0.6 is 11.6 Å². The van der Waals surface area contributed by atoms with Crippen molar-refractivity contribution in [2.45, 2.75) is 6.42 Å². The Bertz CT molecular complexity index is 943. The Hall–Kier alpha value is -2.75. The van der Waals surface area contributed by atoms with Gasteiger partial charge in [-0.1, -0.05) is 11.6 Å². The maximum Gasteiger partial charge on any atom is 0.202 e. The number of imidazole rings is 1. The van der Waals surface area contributed by atoms with Crippen LogP contribution in [0.15, 0.2) is 35.5 Å². The minimum absolute atomic E-state index is 0.0589. The van der Waals surface area contributed by atoms with Crippen molar-refractivity contribution in [3.8, 4) is 0 Å². The summed E-state index contributed by atoms with van der Waals surface area (Å²) in [7, 11) is 0. The molecule has 0 aliphatic carbocycles. The number of benzene rings is 1. The third kappa shape index (κ3) is 3.90. The maximum atomic E-state index is 13.3. The summed E-state index contributed by atoms with van der Waals surface area (Å²) in [6.07, 6.45) is 2.35. The number of hydrogen-bond donors (Lipinski definition) is 5. The second kappa shape index (κ2) is 8.09. The number of anilines is 1. The number of halogens is 2. The molecule has 0 aliphatic heterocycles. The van der Waals surface area contributed by atoms with Crippen LogP contribution in [0.25, 0.3) is 11.2 Å². The molecular weight excluding hydrogens is 361 g/mol. The molecule has 3 rings (SSSR count). The van der Waals surface area contributed by atoms with E-state index in [0.717, 1.165) is 6.42 Å². The third-order valence-corrected chi connectivity index (χ3v) is 3.86. The van der Waals surface area contributed by atoms with E-state index in [-0.39, 0.29) is 10.9 Å². The molecule has 0 aliphatic rings. The Kier molecular flexibility index (Phi) is 5.61. The molecule has 0 spiro atoms. The summed E-state index contributed by atoms with van der Waals surface area (Å²) in [4.78, 5) is 15.9. The predicted molar refractivity (Wildman–Crippen MR) is 98.6 cm³/mol. The number of nitrogens with one attached hydrogen (secondary N) is 3.